The van der Waals surface area contributed by atoms with Gasteiger partial charge in [0, 0.05) is 19.4 Å². The van der Waals surface area contributed by atoms with Gasteiger partial charge in [-0.05, 0) is 30.5 Å². The van der Waals surface area contributed by atoms with Crippen LogP contribution in [0.2, 0.25) is 0 Å². The highest BCUT2D eigenvalue weighted by atomic mass is 16.5. The third kappa shape index (κ3) is 2.43. The van der Waals surface area contributed by atoms with E-state index in [1.807, 2.05) is 30.3 Å². The molecular weight excluding hydrogens is 264 g/mol. The first-order valence-corrected chi connectivity index (χ1v) is 7.13. The number of pyridine rings is 1. The Balaban J connectivity index is 2.08. The van der Waals surface area contributed by atoms with Crippen LogP contribution in [0.5, 0.6) is 0 Å². The van der Waals surface area contributed by atoms with Gasteiger partial charge < -0.3 is 10.5 Å². The number of Topliss-reactive ketones (excluding diaryl/α,β-unsaturated/α-hetero) is 1. The average molecular weight is 282 g/mol. The second-order valence-electron chi connectivity index (χ2n) is 5.33. The number of aromatic nitrogens is 1. The number of hydrogen-bond donors (Lipinski definition) is 1. The molecule has 1 aromatic carbocycles. The van der Waals surface area contributed by atoms with E-state index >= 15 is 0 Å². The number of carbonyl (C=O) groups is 1. The van der Waals surface area contributed by atoms with Gasteiger partial charge in [0.1, 0.15) is 5.82 Å². The lowest BCUT2D eigenvalue weighted by atomic mass is 9.69. The summed E-state index contributed by atoms with van der Waals surface area (Å²) in [6, 6.07) is 13.4. The fourth-order valence-corrected chi connectivity index (χ4v) is 2.99. The quantitative estimate of drug-likeness (QED) is 0.879. The molecule has 1 aromatic heterocycles. The molecular formula is C17H18N2O2. The SMILES string of the molecule is Nc1ncccc1C(=O)C1(c2ccccc2)CCOCC1. The van der Waals surface area contributed by atoms with Gasteiger partial charge in [-0.3, -0.25) is 4.79 Å². The van der Waals surface area contributed by atoms with Crippen LogP contribution in [0.25, 0.3) is 0 Å². The number of ketones is 1. The van der Waals surface area contributed by atoms with Crippen molar-refractivity contribution in [2.75, 3.05) is 18.9 Å². The number of nitrogens with two attached hydrogens (primary N) is 1. The van der Waals surface area contributed by atoms with Crippen molar-refractivity contribution in [2.24, 2.45) is 0 Å². The van der Waals surface area contributed by atoms with Crippen molar-refractivity contribution < 1.29 is 9.53 Å². The van der Waals surface area contributed by atoms with Crippen molar-refractivity contribution in [3.05, 3.63) is 59.8 Å². The van der Waals surface area contributed by atoms with E-state index in [0.29, 0.717) is 37.4 Å². The molecule has 0 radical (unpaired) electrons. The normalized spacial score (nSPS) is 17.3. The highest BCUT2D eigenvalue weighted by Gasteiger charge is 2.42. The van der Waals surface area contributed by atoms with E-state index in [-0.39, 0.29) is 5.78 Å². The number of anilines is 1. The topological polar surface area (TPSA) is 65.2 Å². The minimum atomic E-state index is -0.559. The van der Waals surface area contributed by atoms with Crippen LogP contribution in [-0.4, -0.2) is 24.0 Å². The van der Waals surface area contributed by atoms with Crippen LogP contribution < -0.4 is 5.73 Å². The number of carbonyl (C=O) groups excluding carboxylic acids is 1. The van der Waals surface area contributed by atoms with Crippen molar-refractivity contribution in [2.45, 2.75) is 18.3 Å². The molecule has 1 aliphatic rings. The fourth-order valence-electron chi connectivity index (χ4n) is 2.99. The van der Waals surface area contributed by atoms with Crippen molar-refractivity contribution in [1.82, 2.24) is 4.98 Å². The fraction of sp³-hybridized carbons (Fsp3) is 0.294. The van der Waals surface area contributed by atoms with Crippen molar-refractivity contribution in [3.8, 4) is 0 Å². The van der Waals surface area contributed by atoms with E-state index in [1.165, 1.54) is 0 Å². The molecule has 3 rings (SSSR count). The van der Waals surface area contributed by atoms with Crippen LogP contribution in [0.3, 0.4) is 0 Å². The highest BCUT2D eigenvalue weighted by Crippen LogP contribution is 2.38. The Labute approximate surface area is 124 Å². The van der Waals surface area contributed by atoms with Crippen molar-refractivity contribution in [1.29, 1.82) is 0 Å². The number of nitrogen functional groups attached to an aromatic ring is 1. The molecule has 1 fully saturated rings. The number of rotatable bonds is 3. The summed E-state index contributed by atoms with van der Waals surface area (Å²) < 4.78 is 5.46. The molecule has 0 aliphatic carbocycles. The Morgan fingerprint density at radius 1 is 1.10 bits per heavy atom. The average Bonchev–Trinajstić information content (AvgIpc) is 2.56. The zero-order valence-corrected chi connectivity index (χ0v) is 11.8. The van der Waals surface area contributed by atoms with Crippen molar-refractivity contribution >= 4 is 11.6 Å². The molecule has 1 saturated heterocycles. The second kappa shape index (κ2) is 5.66. The van der Waals surface area contributed by atoms with Gasteiger partial charge in [0.25, 0.3) is 0 Å². The molecule has 0 amide bonds. The Kier molecular flexibility index (Phi) is 3.71. The molecule has 21 heavy (non-hydrogen) atoms. The summed E-state index contributed by atoms with van der Waals surface area (Å²) >= 11 is 0. The van der Waals surface area contributed by atoms with Gasteiger partial charge in [-0.15, -0.1) is 0 Å². The molecule has 0 bridgehead atoms. The second-order valence-corrected chi connectivity index (χ2v) is 5.33. The summed E-state index contributed by atoms with van der Waals surface area (Å²) in [5.74, 6) is 0.340. The summed E-state index contributed by atoms with van der Waals surface area (Å²) in [5.41, 5.74) is 6.88. The predicted octanol–water partition coefficient (Wildman–Crippen LogP) is 2.59. The first kappa shape index (κ1) is 13.8. The standard InChI is InChI=1S/C17H18N2O2/c18-16-14(7-4-10-19-16)15(20)17(8-11-21-12-9-17)13-5-2-1-3-6-13/h1-7,10H,8-9,11-12H2,(H2,18,19). The van der Waals surface area contributed by atoms with Gasteiger partial charge in [0.15, 0.2) is 5.78 Å². The van der Waals surface area contributed by atoms with Crippen LogP contribution in [0, 0.1) is 0 Å². The largest absolute Gasteiger partial charge is 0.383 e. The van der Waals surface area contributed by atoms with Crippen molar-refractivity contribution in [3.63, 3.8) is 0 Å². The molecule has 4 heteroatoms. The number of nitrogens with zero attached hydrogens (tertiary/aromatic N) is 1. The molecule has 1 aliphatic heterocycles. The Morgan fingerprint density at radius 3 is 2.48 bits per heavy atom. The Bertz CT molecular complexity index is 634. The summed E-state index contributed by atoms with van der Waals surface area (Å²) in [4.78, 5) is 17.2. The summed E-state index contributed by atoms with van der Waals surface area (Å²) in [5, 5.41) is 0. The molecule has 2 N–H and O–H groups in total. The van der Waals surface area contributed by atoms with Gasteiger partial charge in [-0.1, -0.05) is 30.3 Å². The maximum atomic E-state index is 13.2. The van der Waals surface area contributed by atoms with E-state index in [1.54, 1.807) is 18.3 Å². The van der Waals surface area contributed by atoms with Crippen LogP contribution in [-0.2, 0) is 10.2 Å². The zero-order valence-electron chi connectivity index (χ0n) is 11.8. The number of hydrogen-bond acceptors (Lipinski definition) is 4. The summed E-state index contributed by atoms with van der Waals surface area (Å²) in [6.45, 7) is 1.17. The molecule has 2 heterocycles. The van der Waals surface area contributed by atoms with Crippen LogP contribution >= 0.6 is 0 Å². The van der Waals surface area contributed by atoms with Gasteiger partial charge in [0.2, 0.25) is 0 Å². The van der Waals surface area contributed by atoms with Crippen LogP contribution in [0.1, 0.15) is 28.8 Å². The first-order chi connectivity index (χ1) is 10.2. The molecule has 0 unspecified atom stereocenters. The molecule has 0 atom stereocenters. The number of ether oxygens (including phenoxy) is 1. The Morgan fingerprint density at radius 2 is 1.81 bits per heavy atom. The third-order valence-electron chi connectivity index (χ3n) is 4.19. The van der Waals surface area contributed by atoms with Gasteiger partial charge in [0.05, 0.1) is 11.0 Å². The van der Waals surface area contributed by atoms with Gasteiger partial charge in [-0.25, -0.2) is 4.98 Å². The van der Waals surface area contributed by atoms with E-state index in [0.717, 1.165) is 5.56 Å². The summed E-state index contributed by atoms with van der Waals surface area (Å²) in [7, 11) is 0. The minimum Gasteiger partial charge on any atom is -0.383 e. The van der Waals surface area contributed by atoms with E-state index in [4.69, 9.17) is 10.5 Å². The maximum Gasteiger partial charge on any atom is 0.177 e. The lowest BCUT2D eigenvalue weighted by molar-refractivity contribution is 0.0424. The van der Waals surface area contributed by atoms with E-state index in [9.17, 15) is 4.79 Å². The smallest absolute Gasteiger partial charge is 0.177 e. The lowest BCUT2D eigenvalue weighted by Crippen LogP contribution is -2.41. The molecule has 4 nitrogen and oxygen atoms in total. The molecule has 0 spiro atoms. The third-order valence-corrected chi connectivity index (χ3v) is 4.19. The van der Waals surface area contributed by atoms with Crippen LogP contribution in [0.15, 0.2) is 48.7 Å². The summed E-state index contributed by atoms with van der Waals surface area (Å²) in [6.07, 6.45) is 2.94. The number of benzene rings is 1. The Hall–Kier alpha value is -2.20. The first-order valence-electron chi connectivity index (χ1n) is 7.13. The zero-order chi connectivity index (χ0) is 14.7. The lowest BCUT2D eigenvalue weighted by Gasteiger charge is -2.36. The van der Waals surface area contributed by atoms with E-state index < -0.39 is 5.41 Å². The molecule has 108 valence electrons. The monoisotopic (exact) mass is 282 g/mol. The molecule has 0 saturated carbocycles. The van der Waals surface area contributed by atoms with Gasteiger partial charge in [-0.2, -0.15) is 0 Å². The van der Waals surface area contributed by atoms with Crippen LogP contribution in [0.4, 0.5) is 5.82 Å². The van der Waals surface area contributed by atoms with E-state index in [2.05, 4.69) is 4.98 Å². The van der Waals surface area contributed by atoms with Gasteiger partial charge >= 0.3 is 0 Å². The maximum absolute atomic E-state index is 13.2. The highest BCUT2D eigenvalue weighted by molar-refractivity contribution is 6.07. The predicted molar refractivity (Wildman–Crippen MR) is 81.2 cm³/mol. The molecule has 2 aromatic rings. The minimum absolute atomic E-state index is 0.0441.